The number of nitrogens with one attached hydrogen (secondary N) is 1. The molecule has 3 heterocycles. The molecule has 1 fully saturated rings. The van der Waals surface area contributed by atoms with Crippen molar-refractivity contribution in [3.8, 4) is 17.1 Å². The fourth-order valence-corrected chi connectivity index (χ4v) is 3.72. The fraction of sp³-hybridized carbons (Fsp3) is 0.571. The first-order valence-electron chi connectivity index (χ1n) is 10.5. The summed E-state index contributed by atoms with van der Waals surface area (Å²) >= 11 is 0. The number of halogens is 4. The third-order valence-corrected chi connectivity index (χ3v) is 5.57. The van der Waals surface area contributed by atoms with Crippen LogP contribution in [0.3, 0.4) is 0 Å². The number of carbonyl (C=O) groups is 1. The van der Waals surface area contributed by atoms with Gasteiger partial charge in [-0.2, -0.15) is 18.2 Å². The van der Waals surface area contributed by atoms with Gasteiger partial charge in [-0.1, -0.05) is 19.0 Å². The highest BCUT2D eigenvalue weighted by Crippen LogP contribution is 2.36. The lowest BCUT2D eigenvalue weighted by atomic mass is 9.87. The molecule has 1 aromatic heterocycles. The van der Waals surface area contributed by atoms with Crippen LogP contribution in [-0.2, 0) is 17.5 Å². The van der Waals surface area contributed by atoms with Crippen molar-refractivity contribution in [3.05, 3.63) is 29.4 Å². The first-order valence-corrected chi connectivity index (χ1v) is 10.5. The average Bonchev–Trinajstić information content (AvgIpc) is 3.39. The maximum atomic E-state index is 14.9. The van der Waals surface area contributed by atoms with E-state index < -0.39 is 29.1 Å². The van der Waals surface area contributed by atoms with Crippen LogP contribution < -0.4 is 10.1 Å². The Morgan fingerprint density at radius 2 is 2.03 bits per heavy atom. The van der Waals surface area contributed by atoms with Gasteiger partial charge in [0, 0.05) is 17.7 Å². The minimum Gasteiger partial charge on any atom is -0.491 e. The van der Waals surface area contributed by atoms with Gasteiger partial charge in [0.1, 0.15) is 18.2 Å². The molecule has 2 aliphatic heterocycles. The first kappa shape index (κ1) is 24.0. The summed E-state index contributed by atoms with van der Waals surface area (Å²) in [5.41, 5.74) is -0.427. The zero-order valence-corrected chi connectivity index (χ0v) is 18.3. The lowest BCUT2D eigenvalue weighted by molar-refractivity contribution is -0.159. The number of amides is 1. The minimum absolute atomic E-state index is 0.00290. The van der Waals surface area contributed by atoms with Crippen LogP contribution in [0.1, 0.15) is 45.6 Å². The number of benzene rings is 1. The molecule has 1 amide bonds. The number of hydrogen-bond acceptors (Lipinski definition) is 6. The van der Waals surface area contributed by atoms with Crippen LogP contribution in [0.25, 0.3) is 11.4 Å². The summed E-state index contributed by atoms with van der Waals surface area (Å²) in [4.78, 5) is 18.0. The van der Waals surface area contributed by atoms with Crippen molar-refractivity contribution in [1.29, 1.82) is 0 Å². The van der Waals surface area contributed by atoms with Gasteiger partial charge in [0.25, 0.3) is 0 Å². The van der Waals surface area contributed by atoms with E-state index in [1.54, 1.807) is 4.90 Å². The van der Waals surface area contributed by atoms with Crippen molar-refractivity contribution in [1.82, 2.24) is 20.4 Å². The predicted octanol–water partition coefficient (Wildman–Crippen LogP) is 4.03. The van der Waals surface area contributed by atoms with Crippen LogP contribution in [-0.4, -0.2) is 46.7 Å². The maximum Gasteiger partial charge on any atom is 0.471 e. The normalized spacial score (nSPS) is 23.0. The maximum absolute atomic E-state index is 14.9. The second kappa shape index (κ2) is 9.05. The Labute approximate surface area is 183 Å². The number of carbonyl (C=O) groups excluding carboxylic acids is 1. The van der Waals surface area contributed by atoms with Crippen molar-refractivity contribution < 1.29 is 31.6 Å². The van der Waals surface area contributed by atoms with Crippen molar-refractivity contribution in [2.24, 2.45) is 5.41 Å². The summed E-state index contributed by atoms with van der Waals surface area (Å²) in [6.07, 6.45) is -4.11. The third-order valence-electron chi connectivity index (χ3n) is 5.57. The molecule has 2 atom stereocenters. The number of fused-ring (bicyclic) bond motifs is 1. The zero-order chi connectivity index (χ0) is 23.7. The van der Waals surface area contributed by atoms with Crippen LogP contribution in [0, 0.1) is 11.2 Å². The molecule has 0 aliphatic carbocycles. The molecule has 32 heavy (non-hydrogen) atoms. The van der Waals surface area contributed by atoms with E-state index in [2.05, 4.69) is 20.0 Å². The average molecular weight is 458 g/mol. The van der Waals surface area contributed by atoms with Gasteiger partial charge < -0.3 is 19.5 Å². The largest absolute Gasteiger partial charge is 0.491 e. The van der Waals surface area contributed by atoms with E-state index in [1.165, 1.54) is 6.07 Å². The Balaban J connectivity index is 0.00000141. The number of rotatable bonds is 2. The molecule has 1 saturated heterocycles. The number of ether oxygens (including phenoxy) is 1. The van der Waals surface area contributed by atoms with Crippen molar-refractivity contribution in [2.75, 3.05) is 19.7 Å². The second-order valence-corrected chi connectivity index (χ2v) is 7.94. The molecule has 0 bridgehead atoms. The van der Waals surface area contributed by atoms with Gasteiger partial charge in [0.05, 0.1) is 18.0 Å². The van der Waals surface area contributed by atoms with E-state index in [0.717, 1.165) is 12.6 Å². The molecule has 11 heteroatoms. The Bertz CT molecular complexity index is 970. The Hall–Kier alpha value is -2.69. The van der Waals surface area contributed by atoms with Gasteiger partial charge >= 0.3 is 12.1 Å². The summed E-state index contributed by atoms with van der Waals surface area (Å²) in [6.45, 7) is 9.08. The summed E-state index contributed by atoms with van der Waals surface area (Å²) in [6, 6.07) is 2.07. The van der Waals surface area contributed by atoms with Crippen LogP contribution in [0.15, 0.2) is 16.7 Å². The van der Waals surface area contributed by atoms with Gasteiger partial charge in [0.15, 0.2) is 0 Å². The lowest BCUT2D eigenvalue weighted by Crippen LogP contribution is -2.48. The van der Waals surface area contributed by atoms with Crippen LogP contribution in [0.2, 0.25) is 0 Å². The molecule has 176 valence electrons. The highest BCUT2D eigenvalue weighted by atomic mass is 19.4. The van der Waals surface area contributed by atoms with E-state index in [9.17, 15) is 22.4 Å². The van der Waals surface area contributed by atoms with Gasteiger partial charge in [-0.15, -0.1) is 0 Å². The fourth-order valence-electron chi connectivity index (χ4n) is 3.72. The highest BCUT2D eigenvalue weighted by Gasteiger charge is 2.42. The SMILES string of the molecule is CC.CC1COc2cc(-c3noc(C(F)(F)F)n3)cc(F)c2CN1C(=O)C1(C)CCNC1. The molecular formula is C21H26F4N4O3. The van der Waals surface area contributed by atoms with Crippen molar-refractivity contribution >= 4 is 5.91 Å². The van der Waals surface area contributed by atoms with E-state index in [4.69, 9.17) is 4.74 Å². The molecule has 4 rings (SSSR count). The number of alkyl halides is 3. The summed E-state index contributed by atoms with van der Waals surface area (Å²) in [5.74, 6) is -2.59. The molecule has 1 N–H and O–H groups in total. The van der Waals surface area contributed by atoms with Crippen molar-refractivity contribution in [3.63, 3.8) is 0 Å². The van der Waals surface area contributed by atoms with Crippen LogP contribution >= 0.6 is 0 Å². The van der Waals surface area contributed by atoms with E-state index in [-0.39, 0.29) is 42.0 Å². The molecular weight excluding hydrogens is 432 g/mol. The first-order chi connectivity index (χ1) is 15.1. The Morgan fingerprint density at radius 3 is 2.62 bits per heavy atom. The standard InChI is InChI=1S/C19H20F4N4O3.C2H6/c1-10-8-29-14-6-11(15-25-16(30-26-15)19(21,22)23)5-13(20)12(14)7-27(10)17(28)18(2)3-4-24-9-18;1-2/h5-6,10,24H,3-4,7-9H2,1-2H3;1-2H3. The Morgan fingerprint density at radius 1 is 1.31 bits per heavy atom. The third kappa shape index (κ3) is 4.57. The van der Waals surface area contributed by atoms with Crippen LogP contribution in [0.5, 0.6) is 5.75 Å². The zero-order valence-electron chi connectivity index (χ0n) is 18.3. The molecule has 2 aromatic rings. The number of aromatic nitrogens is 2. The van der Waals surface area contributed by atoms with Gasteiger partial charge in [-0.25, -0.2) is 4.39 Å². The Kier molecular flexibility index (Phi) is 6.77. The number of hydrogen-bond donors (Lipinski definition) is 1. The molecule has 0 spiro atoms. The quantitative estimate of drug-likeness (QED) is 0.685. The molecule has 7 nitrogen and oxygen atoms in total. The van der Waals surface area contributed by atoms with E-state index >= 15 is 0 Å². The van der Waals surface area contributed by atoms with Gasteiger partial charge in [-0.3, -0.25) is 4.79 Å². The van der Waals surface area contributed by atoms with Crippen LogP contribution in [0.4, 0.5) is 17.6 Å². The van der Waals surface area contributed by atoms with E-state index in [1.807, 2.05) is 27.7 Å². The molecule has 2 aliphatic rings. The monoisotopic (exact) mass is 458 g/mol. The second-order valence-electron chi connectivity index (χ2n) is 7.94. The topological polar surface area (TPSA) is 80.5 Å². The molecule has 2 unspecified atom stereocenters. The summed E-state index contributed by atoms with van der Waals surface area (Å²) in [7, 11) is 0. The predicted molar refractivity (Wildman–Crippen MR) is 107 cm³/mol. The van der Waals surface area contributed by atoms with Crippen molar-refractivity contribution in [2.45, 2.75) is 52.9 Å². The van der Waals surface area contributed by atoms with Gasteiger partial charge in [-0.05, 0) is 38.9 Å². The lowest BCUT2D eigenvalue weighted by Gasteiger charge is -2.33. The number of nitrogens with zero attached hydrogens (tertiary/aromatic N) is 3. The highest BCUT2D eigenvalue weighted by molar-refractivity contribution is 5.83. The molecule has 0 saturated carbocycles. The smallest absolute Gasteiger partial charge is 0.471 e. The summed E-state index contributed by atoms with van der Waals surface area (Å²) < 4.78 is 63.0. The van der Waals surface area contributed by atoms with E-state index in [0.29, 0.717) is 13.0 Å². The van der Waals surface area contributed by atoms with Gasteiger partial charge in [0.2, 0.25) is 11.7 Å². The molecule has 0 radical (unpaired) electrons. The summed E-state index contributed by atoms with van der Waals surface area (Å²) in [5, 5.41) is 6.46. The molecule has 1 aromatic carbocycles. The minimum atomic E-state index is -4.80.